The minimum atomic E-state index is -1.23. The van der Waals surface area contributed by atoms with E-state index in [4.69, 9.17) is 0 Å². The van der Waals surface area contributed by atoms with Crippen molar-refractivity contribution in [3.63, 3.8) is 0 Å². The van der Waals surface area contributed by atoms with Crippen molar-refractivity contribution in [1.29, 1.82) is 0 Å². The van der Waals surface area contributed by atoms with Crippen LogP contribution >= 0.6 is 0 Å². The molecule has 0 bridgehead atoms. The molecular formula is C7H15O2Sb. The molecule has 0 fully saturated rings. The summed E-state index contributed by atoms with van der Waals surface area (Å²) in [6.07, 6.45) is 0. The Bertz CT molecular complexity index is 114. The fraction of sp³-hybridized carbons (Fsp3) is 0.857. The average molecular weight is 253 g/mol. The molecule has 2 nitrogen and oxygen atoms in total. The Morgan fingerprint density at radius 3 is 2.50 bits per heavy atom. The second-order valence-electron chi connectivity index (χ2n) is 2.27. The van der Waals surface area contributed by atoms with Crippen LogP contribution in [0.2, 0.25) is 13.1 Å². The van der Waals surface area contributed by atoms with Crippen molar-refractivity contribution in [3.8, 4) is 0 Å². The fourth-order valence-corrected chi connectivity index (χ4v) is 3.52. The summed E-state index contributed by atoms with van der Waals surface area (Å²) in [4.78, 5) is 13.2. The van der Waals surface area contributed by atoms with E-state index < -0.39 is 20.2 Å². The van der Waals surface area contributed by atoms with Crippen molar-refractivity contribution in [1.82, 2.24) is 0 Å². The number of carbonyl (C=O) groups is 1. The molecule has 0 N–H and O–H groups in total. The van der Waals surface area contributed by atoms with Gasteiger partial charge in [0.25, 0.3) is 0 Å². The van der Waals surface area contributed by atoms with Crippen molar-refractivity contribution in [2.45, 2.75) is 26.9 Å². The van der Waals surface area contributed by atoms with Gasteiger partial charge in [0.2, 0.25) is 0 Å². The van der Waals surface area contributed by atoms with E-state index >= 15 is 0 Å². The SMILES string of the molecule is C[CH2][Sb]([CH3])[CH](C)C(=O)OC. The Balaban J connectivity index is 3.81. The summed E-state index contributed by atoms with van der Waals surface area (Å²) in [5.74, 6) is -0.0210. The molecule has 10 heavy (non-hydrogen) atoms. The fourth-order valence-electron chi connectivity index (χ4n) is 0.624. The van der Waals surface area contributed by atoms with E-state index in [0.717, 1.165) is 0 Å². The third-order valence-electron chi connectivity index (χ3n) is 1.70. The first-order chi connectivity index (χ1) is 4.63. The first-order valence-electron chi connectivity index (χ1n) is 3.41. The van der Waals surface area contributed by atoms with E-state index in [2.05, 4.69) is 16.5 Å². The molecule has 1 atom stereocenters. The first kappa shape index (κ1) is 10.3. The normalized spacial score (nSPS) is 13.3. The second-order valence-corrected chi connectivity index (χ2v) is 10.6. The van der Waals surface area contributed by atoms with Crippen LogP contribution in [0.15, 0.2) is 0 Å². The molecule has 0 aliphatic rings. The molecule has 0 saturated heterocycles. The third kappa shape index (κ3) is 2.92. The van der Waals surface area contributed by atoms with Gasteiger partial charge < -0.3 is 0 Å². The summed E-state index contributed by atoms with van der Waals surface area (Å²) in [6, 6.07) is 0. The number of methoxy groups -OCH3 is 1. The summed E-state index contributed by atoms with van der Waals surface area (Å²) in [5.41, 5.74) is 0. The van der Waals surface area contributed by atoms with E-state index in [0.29, 0.717) is 0 Å². The van der Waals surface area contributed by atoms with E-state index in [1.807, 2.05) is 6.92 Å². The minimum absolute atomic E-state index is 0.0210. The van der Waals surface area contributed by atoms with Gasteiger partial charge in [-0.2, -0.15) is 0 Å². The van der Waals surface area contributed by atoms with Crippen LogP contribution in [0.4, 0.5) is 0 Å². The molecule has 0 radical (unpaired) electrons. The molecule has 0 saturated carbocycles. The quantitative estimate of drug-likeness (QED) is 0.565. The molecule has 0 aromatic heterocycles. The van der Waals surface area contributed by atoms with Gasteiger partial charge in [-0.1, -0.05) is 0 Å². The average Bonchev–Trinajstić information content (AvgIpc) is 2.00. The standard InChI is InChI=1S/C4H7O2.C2H5.CH3.Sb/c1-3-4(5)6-2;1-2;;/h3H,1-2H3;1H2,2H3;1H3;. The third-order valence-corrected chi connectivity index (χ3v) is 8.93. The van der Waals surface area contributed by atoms with E-state index in [1.54, 1.807) is 0 Å². The predicted molar refractivity (Wildman–Crippen MR) is 43.5 cm³/mol. The molecule has 0 rings (SSSR count). The molecule has 1 unspecified atom stereocenters. The van der Waals surface area contributed by atoms with E-state index in [1.165, 1.54) is 11.5 Å². The first-order valence-corrected chi connectivity index (χ1v) is 9.24. The summed E-state index contributed by atoms with van der Waals surface area (Å²) in [5, 5.41) is 0. The van der Waals surface area contributed by atoms with Gasteiger partial charge in [0.15, 0.2) is 0 Å². The molecule has 0 aliphatic carbocycles. The summed E-state index contributed by atoms with van der Waals surface area (Å²) >= 11 is -1.23. The summed E-state index contributed by atoms with van der Waals surface area (Å²) in [7, 11) is 1.46. The zero-order chi connectivity index (χ0) is 8.15. The van der Waals surface area contributed by atoms with Gasteiger partial charge in [0.1, 0.15) is 0 Å². The maximum absolute atomic E-state index is 10.9. The topological polar surface area (TPSA) is 26.3 Å². The molecular weight excluding hydrogens is 238 g/mol. The van der Waals surface area contributed by atoms with Crippen LogP contribution in [0, 0.1) is 0 Å². The molecule has 0 aliphatic heterocycles. The second kappa shape index (κ2) is 5.01. The predicted octanol–water partition coefficient (Wildman–Crippen LogP) is 1.69. The van der Waals surface area contributed by atoms with E-state index in [9.17, 15) is 4.79 Å². The van der Waals surface area contributed by atoms with Crippen LogP contribution in [0.1, 0.15) is 13.8 Å². The van der Waals surface area contributed by atoms with Gasteiger partial charge in [0.05, 0.1) is 0 Å². The van der Waals surface area contributed by atoms with Crippen LogP contribution in [-0.2, 0) is 9.53 Å². The van der Waals surface area contributed by atoms with Crippen LogP contribution < -0.4 is 0 Å². The van der Waals surface area contributed by atoms with Crippen molar-refractivity contribution in [2.75, 3.05) is 7.11 Å². The number of hydrogen-bond donors (Lipinski definition) is 0. The molecule has 60 valence electrons. The zero-order valence-corrected chi connectivity index (χ0v) is 9.60. The monoisotopic (exact) mass is 252 g/mol. The molecule has 0 amide bonds. The van der Waals surface area contributed by atoms with Crippen LogP contribution in [0.25, 0.3) is 0 Å². The van der Waals surface area contributed by atoms with Crippen LogP contribution in [-0.4, -0.2) is 33.3 Å². The molecule has 0 spiro atoms. The molecule has 0 heterocycles. The van der Waals surface area contributed by atoms with Gasteiger partial charge in [-0.05, 0) is 0 Å². The summed E-state index contributed by atoms with van der Waals surface area (Å²) < 4.78 is 6.07. The number of esters is 1. The van der Waals surface area contributed by atoms with Gasteiger partial charge in [-0.3, -0.25) is 0 Å². The number of rotatable bonds is 3. The Morgan fingerprint density at radius 1 is 1.70 bits per heavy atom. The van der Waals surface area contributed by atoms with Gasteiger partial charge in [-0.15, -0.1) is 0 Å². The molecule has 3 heteroatoms. The van der Waals surface area contributed by atoms with Gasteiger partial charge in [-0.25, -0.2) is 0 Å². The number of hydrogen-bond acceptors (Lipinski definition) is 2. The molecule has 0 aromatic rings. The van der Waals surface area contributed by atoms with Crippen LogP contribution in [0.5, 0.6) is 0 Å². The van der Waals surface area contributed by atoms with Crippen LogP contribution in [0.3, 0.4) is 0 Å². The Labute approximate surface area is 69.9 Å². The number of ether oxygens (including phenoxy) is 1. The van der Waals surface area contributed by atoms with E-state index in [-0.39, 0.29) is 9.83 Å². The van der Waals surface area contributed by atoms with Crippen molar-refractivity contribution < 1.29 is 9.53 Å². The van der Waals surface area contributed by atoms with Crippen molar-refractivity contribution >= 4 is 26.2 Å². The Hall–Kier alpha value is 0.288. The molecule has 0 aromatic carbocycles. The maximum atomic E-state index is 10.9. The number of carbonyl (C=O) groups excluding carboxylic acids is 1. The Kier molecular flexibility index (Phi) is 5.15. The van der Waals surface area contributed by atoms with Crippen molar-refractivity contribution in [3.05, 3.63) is 0 Å². The van der Waals surface area contributed by atoms with Gasteiger partial charge >= 0.3 is 69.8 Å². The van der Waals surface area contributed by atoms with Crippen molar-refractivity contribution in [2.24, 2.45) is 0 Å². The van der Waals surface area contributed by atoms with Gasteiger partial charge in [0, 0.05) is 0 Å². The zero-order valence-electron chi connectivity index (χ0n) is 7.05. The Morgan fingerprint density at radius 2 is 2.20 bits per heavy atom. The summed E-state index contributed by atoms with van der Waals surface area (Å²) in [6.45, 7) is 4.14.